The minimum atomic E-state index is 0.531. The third kappa shape index (κ3) is 2.29. The average Bonchev–Trinajstić information content (AvgIpc) is 3.05. The molecular weight excluding hydrogens is 312 g/mol. The second-order valence-electron chi connectivity index (χ2n) is 4.99. The van der Waals surface area contributed by atoms with E-state index >= 15 is 0 Å². The fourth-order valence-electron chi connectivity index (χ4n) is 2.45. The summed E-state index contributed by atoms with van der Waals surface area (Å²) in [5.41, 5.74) is 9.22. The highest BCUT2D eigenvalue weighted by Crippen LogP contribution is 2.30. The number of pyridine rings is 1. The molecule has 0 aliphatic heterocycles. The van der Waals surface area contributed by atoms with Crippen LogP contribution in [-0.2, 0) is 0 Å². The molecule has 2 heterocycles. The molecule has 2 aromatic carbocycles. The van der Waals surface area contributed by atoms with Crippen molar-refractivity contribution in [3.05, 3.63) is 59.8 Å². The number of nitrogen functional groups attached to an aromatic ring is 1. The lowest BCUT2D eigenvalue weighted by Gasteiger charge is -2.09. The standard InChI is InChI=1S/C16H11ClN6/c17-10-5-7-11(8-6-10)23-16(20-21-22-23)13-9-19-14-4-2-1-3-12(14)15(13)18/h1-9H,(H2,18,19). The summed E-state index contributed by atoms with van der Waals surface area (Å²) in [5.74, 6) is 0.531. The summed E-state index contributed by atoms with van der Waals surface area (Å²) in [6.07, 6.45) is 1.69. The van der Waals surface area contributed by atoms with E-state index in [0.29, 0.717) is 22.1 Å². The minimum Gasteiger partial charge on any atom is -0.398 e. The van der Waals surface area contributed by atoms with Gasteiger partial charge in [0.2, 0.25) is 0 Å². The lowest BCUT2D eigenvalue weighted by atomic mass is 10.1. The van der Waals surface area contributed by atoms with Crippen molar-refractivity contribution in [2.24, 2.45) is 0 Å². The van der Waals surface area contributed by atoms with Crippen molar-refractivity contribution in [1.82, 2.24) is 25.2 Å². The topological polar surface area (TPSA) is 82.5 Å². The van der Waals surface area contributed by atoms with Gasteiger partial charge in [0.25, 0.3) is 0 Å². The van der Waals surface area contributed by atoms with E-state index in [1.807, 2.05) is 36.4 Å². The summed E-state index contributed by atoms with van der Waals surface area (Å²) in [5, 5.41) is 13.4. The molecule has 0 saturated heterocycles. The highest BCUT2D eigenvalue weighted by Gasteiger charge is 2.15. The summed E-state index contributed by atoms with van der Waals surface area (Å²) >= 11 is 5.93. The van der Waals surface area contributed by atoms with Gasteiger partial charge in [-0.1, -0.05) is 29.8 Å². The maximum atomic E-state index is 6.31. The van der Waals surface area contributed by atoms with Crippen LogP contribution >= 0.6 is 11.6 Å². The zero-order valence-electron chi connectivity index (χ0n) is 11.9. The van der Waals surface area contributed by atoms with E-state index in [1.54, 1.807) is 23.0 Å². The van der Waals surface area contributed by atoms with Crippen LogP contribution in [0.25, 0.3) is 28.0 Å². The van der Waals surface area contributed by atoms with E-state index in [2.05, 4.69) is 20.5 Å². The first kappa shape index (κ1) is 13.7. The highest BCUT2D eigenvalue weighted by atomic mass is 35.5. The zero-order chi connectivity index (χ0) is 15.8. The molecule has 0 radical (unpaired) electrons. The van der Waals surface area contributed by atoms with Gasteiger partial charge >= 0.3 is 0 Å². The molecule has 0 bridgehead atoms. The summed E-state index contributed by atoms with van der Waals surface area (Å²) in [4.78, 5) is 4.44. The largest absolute Gasteiger partial charge is 0.398 e. The van der Waals surface area contributed by atoms with Crippen molar-refractivity contribution in [2.75, 3.05) is 5.73 Å². The molecule has 0 atom stereocenters. The molecule has 0 saturated carbocycles. The Hall–Kier alpha value is -2.99. The molecule has 112 valence electrons. The Morgan fingerprint density at radius 3 is 2.61 bits per heavy atom. The van der Waals surface area contributed by atoms with Gasteiger partial charge in [-0.15, -0.1) is 5.10 Å². The Morgan fingerprint density at radius 2 is 1.78 bits per heavy atom. The Kier molecular flexibility index (Phi) is 3.17. The average molecular weight is 323 g/mol. The van der Waals surface area contributed by atoms with Crippen LogP contribution in [0.15, 0.2) is 54.7 Å². The van der Waals surface area contributed by atoms with E-state index < -0.39 is 0 Å². The molecule has 0 unspecified atom stereocenters. The number of nitrogens with zero attached hydrogens (tertiary/aromatic N) is 5. The number of halogens is 1. The molecule has 0 spiro atoms. The summed E-state index contributed by atoms with van der Waals surface area (Å²) in [6.45, 7) is 0. The van der Waals surface area contributed by atoms with Crippen LogP contribution in [0.4, 0.5) is 5.69 Å². The fourth-order valence-corrected chi connectivity index (χ4v) is 2.58. The first-order chi connectivity index (χ1) is 11.2. The number of para-hydroxylation sites is 1. The lowest BCUT2D eigenvalue weighted by molar-refractivity contribution is 0.791. The molecule has 2 N–H and O–H groups in total. The summed E-state index contributed by atoms with van der Waals surface area (Å²) < 4.78 is 1.61. The van der Waals surface area contributed by atoms with Crippen molar-refractivity contribution < 1.29 is 0 Å². The monoisotopic (exact) mass is 322 g/mol. The molecule has 7 heteroatoms. The van der Waals surface area contributed by atoms with Gasteiger partial charge < -0.3 is 5.73 Å². The van der Waals surface area contributed by atoms with E-state index in [9.17, 15) is 0 Å². The Morgan fingerprint density at radius 1 is 1.00 bits per heavy atom. The first-order valence-corrected chi connectivity index (χ1v) is 7.30. The van der Waals surface area contributed by atoms with Crippen LogP contribution in [0.5, 0.6) is 0 Å². The van der Waals surface area contributed by atoms with E-state index in [4.69, 9.17) is 17.3 Å². The van der Waals surface area contributed by atoms with Crippen LogP contribution in [0.1, 0.15) is 0 Å². The van der Waals surface area contributed by atoms with Crippen molar-refractivity contribution in [1.29, 1.82) is 0 Å². The van der Waals surface area contributed by atoms with Crippen LogP contribution in [0.3, 0.4) is 0 Å². The predicted octanol–water partition coefficient (Wildman–Crippen LogP) is 3.11. The molecule has 0 fully saturated rings. The lowest BCUT2D eigenvalue weighted by Crippen LogP contribution is -2.02. The maximum Gasteiger partial charge on any atom is 0.190 e. The minimum absolute atomic E-state index is 0.531. The van der Waals surface area contributed by atoms with Gasteiger partial charge in [-0.2, -0.15) is 4.68 Å². The SMILES string of the molecule is Nc1c(-c2nnnn2-c2ccc(Cl)cc2)cnc2ccccc12. The molecule has 0 aliphatic rings. The second-order valence-corrected chi connectivity index (χ2v) is 5.43. The number of nitrogens with two attached hydrogens (primary N) is 1. The number of fused-ring (bicyclic) bond motifs is 1. The smallest absolute Gasteiger partial charge is 0.190 e. The number of tetrazole rings is 1. The van der Waals surface area contributed by atoms with E-state index in [-0.39, 0.29) is 0 Å². The number of benzene rings is 2. The number of hydrogen-bond donors (Lipinski definition) is 1. The summed E-state index contributed by atoms with van der Waals surface area (Å²) in [7, 11) is 0. The third-order valence-electron chi connectivity index (χ3n) is 3.60. The van der Waals surface area contributed by atoms with Gasteiger partial charge in [0.05, 0.1) is 22.5 Å². The molecule has 0 amide bonds. The molecular formula is C16H11ClN6. The number of anilines is 1. The van der Waals surface area contributed by atoms with Gasteiger partial charge in [0.1, 0.15) is 0 Å². The van der Waals surface area contributed by atoms with Crippen LogP contribution in [-0.4, -0.2) is 25.2 Å². The molecule has 4 rings (SSSR count). The predicted molar refractivity (Wildman–Crippen MR) is 89.3 cm³/mol. The normalized spacial score (nSPS) is 11.0. The molecule has 6 nitrogen and oxygen atoms in total. The third-order valence-corrected chi connectivity index (χ3v) is 3.85. The number of aromatic nitrogens is 5. The van der Waals surface area contributed by atoms with E-state index in [1.165, 1.54) is 0 Å². The van der Waals surface area contributed by atoms with Crippen LogP contribution in [0.2, 0.25) is 5.02 Å². The van der Waals surface area contributed by atoms with Gasteiger partial charge in [0, 0.05) is 16.6 Å². The van der Waals surface area contributed by atoms with Crippen molar-refractivity contribution in [2.45, 2.75) is 0 Å². The fraction of sp³-hybridized carbons (Fsp3) is 0. The Bertz CT molecular complexity index is 993. The van der Waals surface area contributed by atoms with Gasteiger partial charge in [-0.05, 0) is 40.8 Å². The molecule has 4 aromatic rings. The zero-order valence-corrected chi connectivity index (χ0v) is 12.6. The molecule has 23 heavy (non-hydrogen) atoms. The van der Waals surface area contributed by atoms with Gasteiger partial charge in [0.15, 0.2) is 5.82 Å². The molecule has 2 aromatic heterocycles. The number of hydrogen-bond acceptors (Lipinski definition) is 5. The number of rotatable bonds is 2. The van der Waals surface area contributed by atoms with Crippen LogP contribution < -0.4 is 5.73 Å². The van der Waals surface area contributed by atoms with Crippen molar-refractivity contribution >= 4 is 28.2 Å². The molecule has 0 aliphatic carbocycles. The van der Waals surface area contributed by atoms with Gasteiger partial charge in [-0.25, -0.2) is 0 Å². The van der Waals surface area contributed by atoms with Crippen molar-refractivity contribution in [3.8, 4) is 17.1 Å². The second kappa shape index (κ2) is 5.33. The summed E-state index contributed by atoms with van der Waals surface area (Å²) in [6, 6.07) is 14.9. The Labute approximate surface area is 136 Å². The highest BCUT2D eigenvalue weighted by molar-refractivity contribution is 6.30. The van der Waals surface area contributed by atoms with E-state index in [0.717, 1.165) is 16.6 Å². The first-order valence-electron chi connectivity index (χ1n) is 6.92. The Balaban J connectivity index is 1.91. The van der Waals surface area contributed by atoms with Crippen LogP contribution in [0, 0.1) is 0 Å². The van der Waals surface area contributed by atoms with Crippen molar-refractivity contribution in [3.63, 3.8) is 0 Å². The van der Waals surface area contributed by atoms with Gasteiger partial charge in [-0.3, -0.25) is 4.98 Å². The maximum absolute atomic E-state index is 6.31. The quantitative estimate of drug-likeness (QED) is 0.613.